The Bertz CT molecular complexity index is 973. The number of carbonyl (C=O) groups excluding carboxylic acids is 2. The van der Waals surface area contributed by atoms with Crippen molar-refractivity contribution in [1.82, 2.24) is 14.8 Å². The van der Waals surface area contributed by atoms with Crippen molar-refractivity contribution < 1.29 is 14.3 Å². The Morgan fingerprint density at radius 3 is 2.62 bits per heavy atom. The van der Waals surface area contributed by atoms with Gasteiger partial charge in [0.1, 0.15) is 16.7 Å². The zero-order valence-electron chi connectivity index (χ0n) is 18.7. The van der Waals surface area contributed by atoms with E-state index >= 15 is 0 Å². The van der Waals surface area contributed by atoms with E-state index in [4.69, 9.17) is 16.3 Å². The molecule has 2 aromatic rings. The van der Waals surface area contributed by atoms with E-state index in [0.717, 1.165) is 36.6 Å². The van der Waals surface area contributed by atoms with E-state index in [1.54, 1.807) is 6.07 Å². The van der Waals surface area contributed by atoms with Crippen LogP contribution >= 0.6 is 22.9 Å². The van der Waals surface area contributed by atoms with Crippen molar-refractivity contribution in [1.29, 1.82) is 0 Å². The van der Waals surface area contributed by atoms with Gasteiger partial charge in [-0.05, 0) is 51.3 Å². The first-order chi connectivity index (χ1) is 15.4. The summed E-state index contributed by atoms with van der Waals surface area (Å²) in [5.41, 5.74) is 0.774. The predicted octanol–water partition coefficient (Wildman–Crippen LogP) is 4.73. The van der Waals surface area contributed by atoms with Crippen molar-refractivity contribution in [3.63, 3.8) is 0 Å². The van der Waals surface area contributed by atoms with Gasteiger partial charge in [-0.1, -0.05) is 17.7 Å². The number of aromatic nitrogens is 1. The van der Waals surface area contributed by atoms with E-state index in [-0.39, 0.29) is 23.8 Å². The first-order valence-corrected chi connectivity index (χ1v) is 12.5. The zero-order valence-corrected chi connectivity index (χ0v) is 20.3. The number of hydrogen-bond acceptors (Lipinski definition) is 5. The van der Waals surface area contributed by atoms with Crippen molar-refractivity contribution >= 4 is 34.8 Å². The Morgan fingerprint density at radius 2 is 1.94 bits per heavy atom. The molecule has 2 atom stereocenters. The van der Waals surface area contributed by atoms with E-state index in [1.165, 1.54) is 17.8 Å². The lowest BCUT2D eigenvalue weighted by molar-refractivity contribution is -0.134. The van der Waals surface area contributed by atoms with Crippen LogP contribution in [-0.4, -0.2) is 58.9 Å². The fourth-order valence-electron chi connectivity index (χ4n) is 4.63. The summed E-state index contributed by atoms with van der Waals surface area (Å²) < 4.78 is 6.30. The van der Waals surface area contributed by atoms with Crippen molar-refractivity contribution in [2.75, 3.05) is 26.2 Å². The molecule has 0 bridgehead atoms. The van der Waals surface area contributed by atoms with E-state index < -0.39 is 0 Å². The summed E-state index contributed by atoms with van der Waals surface area (Å²) in [6, 6.07) is 7.36. The molecular weight excluding hydrogens is 446 g/mol. The van der Waals surface area contributed by atoms with E-state index in [9.17, 15) is 9.59 Å². The maximum atomic E-state index is 13.2. The number of nitrogens with zero attached hydrogens (tertiary/aromatic N) is 3. The topological polar surface area (TPSA) is 62.7 Å². The minimum atomic E-state index is -0.143. The van der Waals surface area contributed by atoms with Crippen LogP contribution in [0.25, 0.3) is 0 Å². The fourth-order valence-corrected chi connectivity index (χ4v) is 5.70. The number of rotatable bonds is 5. The van der Waals surface area contributed by atoms with Gasteiger partial charge >= 0.3 is 0 Å². The third-order valence-corrected chi connectivity index (χ3v) is 7.57. The highest BCUT2D eigenvalue weighted by Gasteiger charge is 2.36. The van der Waals surface area contributed by atoms with Crippen LogP contribution in [0.5, 0.6) is 5.75 Å². The highest BCUT2D eigenvalue weighted by Crippen LogP contribution is 2.30. The Balaban J connectivity index is 1.50. The maximum Gasteiger partial charge on any atom is 0.265 e. The van der Waals surface area contributed by atoms with Gasteiger partial charge in [-0.3, -0.25) is 9.59 Å². The number of aryl methyl sites for hydroxylation is 2. The fraction of sp³-hybridized carbons (Fsp3) is 0.542. The normalized spacial score (nSPS) is 21.5. The number of hydrogen-bond donors (Lipinski definition) is 0. The van der Waals surface area contributed by atoms with Gasteiger partial charge in [0.05, 0.1) is 10.7 Å². The third-order valence-electron chi connectivity index (χ3n) is 6.28. The summed E-state index contributed by atoms with van der Waals surface area (Å²) in [4.78, 5) is 35.2. The molecule has 172 valence electrons. The van der Waals surface area contributed by atoms with Gasteiger partial charge in [0.15, 0.2) is 0 Å². The third kappa shape index (κ3) is 5.44. The Hall–Kier alpha value is -2.12. The maximum absolute atomic E-state index is 13.2. The van der Waals surface area contributed by atoms with E-state index in [0.29, 0.717) is 41.6 Å². The molecule has 2 amide bonds. The molecule has 2 saturated heterocycles. The van der Waals surface area contributed by atoms with Crippen molar-refractivity contribution in [3.8, 4) is 5.75 Å². The lowest BCUT2D eigenvalue weighted by Gasteiger charge is -2.39. The average Bonchev–Trinajstić information content (AvgIpc) is 3.13. The molecule has 0 radical (unpaired) electrons. The molecule has 0 unspecified atom stereocenters. The molecule has 8 heteroatoms. The van der Waals surface area contributed by atoms with E-state index in [2.05, 4.69) is 4.98 Å². The van der Waals surface area contributed by atoms with Crippen LogP contribution in [0.15, 0.2) is 24.3 Å². The summed E-state index contributed by atoms with van der Waals surface area (Å²) in [6.07, 6.45) is 4.23. The number of thiazole rings is 1. The quantitative estimate of drug-likeness (QED) is 0.627. The van der Waals surface area contributed by atoms with Gasteiger partial charge < -0.3 is 14.5 Å². The molecule has 0 aliphatic carbocycles. The van der Waals surface area contributed by atoms with Gasteiger partial charge in [0.2, 0.25) is 5.91 Å². The monoisotopic (exact) mass is 475 g/mol. The minimum Gasteiger partial charge on any atom is -0.490 e. The van der Waals surface area contributed by atoms with Crippen molar-refractivity contribution in [3.05, 3.63) is 44.9 Å². The number of benzene rings is 1. The van der Waals surface area contributed by atoms with Crippen LogP contribution in [0.1, 0.15) is 52.5 Å². The van der Waals surface area contributed by atoms with Gasteiger partial charge in [-0.2, -0.15) is 0 Å². The number of halogens is 1. The van der Waals surface area contributed by atoms with Gasteiger partial charge in [-0.15, -0.1) is 11.3 Å². The Labute approximate surface area is 198 Å². The molecule has 2 aliphatic heterocycles. The zero-order chi connectivity index (χ0) is 22.7. The number of ether oxygens (including phenoxy) is 1. The molecule has 4 rings (SSSR count). The number of amides is 2. The second-order valence-corrected chi connectivity index (χ2v) is 10.3. The lowest BCUT2D eigenvalue weighted by atomic mass is 9.90. The number of carbonyl (C=O) groups is 2. The summed E-state index contributed by atoms with van der Waals surface area (Å²) >= 11 is 7.57. The van der Waals surface area contributed by atoms with Crippen LogP contribution in [0.4, 0.5) is 0 Å². The van der Waals surface area contributed by atoms with Gasteiger partial charge in [0, 0.05) is 50.0 Å². The van der Waals surface area contributed by atoms with Crippen LogP contribution in [0, 0.1) is 19.8 Å². The molecule has 1 aromatic heterocycles. The first kappa shape index (κ1) is 23.1. The number of piperidine rings is 2. The summed E-state index contributed by atoms with van der Waals surface area (Å²) in [6.45, 7) is 6.54. The summed E-state index contributed by atoms with van der Waals surface area (Å²) in [5, 5.41) is 1.51. The molecule has 1 aromatic carbocycles. The Kier molecular flexibility index (Phi) is 7.36. The van der Waals surface area contributed by atoms with Crippen LogP contribution in [0.2, 0.25) is 5.02 Å². The SMILES string of the molecule is Cc1nc(C)c(C(=O)N2CC[C@H](Oc3cccc(Cl)c3)[C@@H](CC(=O)N3CCCCC3)C2)s1. The summed E-state index contributed by atoms with van der Waals surface area (Å²) in [5.74, 6) is 0.792. The predicted molar refractivity (Wildman–Crippen MR) is 127 cm³/mol. The molecule has 32 heavy (non-hydrogen) atoms. The molecule has 3 heterocycles. The molecule has 0 spiro atoms. The smallest absolute Gasteiger partial charge is 0.265 e. The van der Waals surface area contributed by atoms with Crippen LogP contribution < -0.4 is 4.74 Å². The molecule has 2 aliphatic rings. The van der Waals surface area contributed by atoms with Crippen LogP contribution in [-0.2, 0) is 4.79 Å². The number of likely N-dealkylation sites (tertiary alicyclic amines) is 2. The van der Waals surface area contributed by atoms with Crippen molar-refractivity contribution in [2.24, 2.45) is 5.92 Å². The average molecular weight is 476 g/mol. The second kappa shape index (κ2) is 10.2. The molecule has 6 nitrogen and oxygen atoms in total. The standard InChI is InChI=1S/C24H30ClN3O3S/c1-16-23(32-17(2)26-16)24(30)28-12-9-21(31-20-8-6-7-19(25)14-20)18(15-28)13-22(29)27-10-4-3-5-11-27/h6-8,14,18,21H,3-5,9-13,15H2,1-2H3/t18-,21-/m0/s1. The molecular formula is C24H30ClN3O3S. The molecule has 0 saturated carbocycles. The van der Waals surface area contributed by atoms with Gasteiger partial charge in [-0.25, -0.2) is 4.98 Å². The lowest BCUT2D eigenvalue weighted by Crippen LogP contribution is -2.49. The Morgan fingerprint density at radius 1 is 1.16 bits per heavy atom. The molecule has 2 fully saturated rings. The largest absolute Gasteiger partial charge is 0.490 e. The second-order valence-electron chi connectivity index (χ2n) is 8.71. The van der Waals surface area contributed by atoms with E-state index in [1.807, 2.05) is 41.8 Å². The first-order valence-electron chi connectivity index (χ1n) is 11.3. The van der Waals surface area contributed by atoms with Crippen LogP contribution in [0.3, 0.4) is 0 Å². The van der Waals surface area contributed by atoms with Gasteiger partial charge in [0.25, 0.3) is 5.91 Å². The minimum absolute atomic E-state index is 0.00438. The highest BCUT2D eigenvalue weighted by molar-refractivity contribution is 7.13. The summed E-state index contributed by atoms with van der Waals surface area (Å²) in [7, 11) is 0. The highest BCUT2D eigenvalue weighted by atomic mass is 35.5. The molecule has 0 N–H and O–H groups in total. The van der Waals surface area contributed by atoms with Crippen molar-refractivity contribution in [2.45, 2.75) is 52.1 Å².